The number of hydrogen-bond acceptors (Lipinski definition) is 3. The number of halogens is 1. The van der Waals surface area contributed by atoms with Crippen molar-refractivity contribution in [3.05, 3.63) is 65.6 Å². The fourth-order valence-electron chi connectivity index (χ4n) is 4.70. The summed E-state index contributed by atoms with van der Waals surface area (Å²) in [6.07, 6.45) is 7.85. The Morgan fingerprint density at radius 3 is 2.78 bits per heavy atom. The van der Waals surface area contributed by atoms with Crippen LogP contribution in [-0.4, -0.2) is 46.2 Å². The van der Waals surface area contributed by atoms with Crippen LogP contribution in [-0.2, 0) is 6.54 Å². The number of amides is 1. The van der Waals surface area contributed by atoms with Crippen LogP contribution in [0.4, 0.5) is 4.39 Å². The number of nitrogens with zero attached hydrogens (tertiary/aromatic N) is 2. The largest absolute Gasteiger partial charge is 0.494 e. The summed E-state index contributed by atoms with van der Waals surface area (Å²) >= 11 is 0. The van der Waals surface area contributed by atoms with E-state index in [9.17, 15) is 14.3 Å². The van der Waals surface area contributed by atoms with Gasteiger partial charge in [0.15, 0.2) is 5.88 Å². The molecular weight excluding hydrogens is 405 g/mol. The maximum Gasteiger partial charge on any atom is 0.251 e. The Morgan fingerprint density at radius 1 is 1.19 bits per heavy atom. The molecule has 4 rings (SSSR count). The molecule has 2 heterocycles. The molecule has 1 aromatic heterocycles. The molecule has 2 N–H and O–H groups in total. The highest BCUT2D eigenvalue weighted by Gasteiger charge is 2.20. The molecule has 2 aromatic carbocycles. The summed E-state index contributed by atoms with van der Waals surface area (Å²) in [5.74, 6) is -0.301. The zero-order valence-corrected chi connectivity index (χ0v) is 18.7. The molecule has 5 nitrogen and oxygen atoms in total. The van der Waals surface area contributed by atoms with Crippen LogP contribution in [0.1, 0.15) is 54.9 Å². The quantitative estimate of drug-likeness (QED) is 0.492. The van der Waals surface area contributed by atoms with Crippen molar-refractivity contribution in [3.8, 4) is 5.88 Å². The van der Waals surface area contributed by atoms with Gasteiger partial charge in [-0.3, -0.25) is 4.79 Å². The normalized spacial score (nSPS) is 17.0. The molecule has 0 spiro atoms. The van der Waals surface area contributed by atoms with Gasteiger partial charge in [-0.05, 0) is 62.1 Å². The lowest BCUT2D eigenvalue weighted by Gasteiger charge is -2.35. The van der Waals surface area contributed by atoms with E-state index >= 15 is 0 Å². The first-order valence-corrected chi connectivity index (χ1v) is 11.6. The molecule has 1 fully saturated rings. The summed E-state index contributed by atoms with van der Waals surface area (Å²) in [6.45, 7) is 5.50. The molecule has 170 valence electrons. The second-order valence-corrected chi connectivity index (χ2v) is 8.71. The lowest BCUT2D eigenvalue weighted by molar-refractivity contribution is 0.0947. The fraction of sp³-hybridized carbons (Fsp3) is 0.423. The van der Waals surface area contributed by atoms with Crippen molar-refractivity contribution < 1.29 is 14.3 Å². The van der Waals surface area contributed by atoms with E-state index in [1.807, 2.05) is 12.3 Å². The van der Waals surface area contributed by atoms with Gasteiger partial charge in [0, 0.05) is 41.7 Å². The Labute approximate surface area is 188 Å². The monoisotopic (exact) mass is 437 g/mol. The number of nitrogens with one attached hydrogen (secondary N) is 1. The van der Waals surface area contributed by atoms with Crippen LogP contribution in [0.3, 0.4) is 0 Å². The van der Waals surface area contributed by atoms with Gasteiger partial charge in [0.1, 0.15) is 5.82 Å². The van der Waals surface area contributed by atoms with E-state index in [1.165, 1.54) is 37.8 Å². The number of rotatable bonds is 8. The number of fused-ring (bicyclic) bond motifs is 1. The minimum atomic E-state index is -0.285. The number of aromatic nitrogens is 1. The lowest BCUT2D eigenvalue weighted by Crippen LogP contribution is -2.40. The van der Waals surface area contributed by atoms with Gasteiger partial charge in [0.2, 0.25) is 0 Å². The molecule has 32 heavy (non-hydrogen) atoms. The molecule has 6 heteroatoms. The van der Waals surface area contributed by atoms with Gasteiger partial charge in [-0.25, -0.2) is 4.39 Å². The summed E-state index contributed by atoms with van der Waals surface area (Å²) in [5, 5.41) is 15.2. The maximum absolute atomic E-state index is 13.1. The highest BCUT2D eigenvalue weighted by molar-refractivity contribution is 6.00. The van der Waals surface area contributed by atoms with E-state index in [2.05, 4.69) is 17.1 Å². The van der Waals surface area contributed by atoms with Crippen LogP contribution in [0.5, 0.6) is 5.88 Å². The third-order valence-corrected chi connectivity index (χ3v) is 6.52. The Morgan fingerprint density at radius 2 is 2.00 bits per heavy atom. The minimum Gasteiger partial charge on any atom is -0.494 e. The molecule has 1 unspecified atom stereocenters. The molecule has 0 aliphatic carbocycles. The summed E-state index contributed by atoms with van der Waals surface area (Å²) in [4.78, 5) is 15.2. The Bertz CT molecular complexity index is 1060. The summed E-state index contributed by atoms with van der Waals surface area (Å²) in [5.41, 5.74) is 1.43. The Kier molecular flexibility index (Phi) is 7.10. The Hall–Kier alpha value is -2.86. The van der Waals surface area contributed by atoms with Crippen molar-refractivity contribution in [1.82, 2.24) is 14.8 Å². The minimum absolute atomic E-state index is 0.106. The summed E-state index contributed by atoms with van der Waals surface area (Å²) in [7, 11) is 0. The van der Waals surface area contributed by atoms with E-state index in [-0.39, 0.29) is 17.6 Å². The Balaban J connectivity index is 1.36. The predicted molar refractivity (Wildman–Crippen MR) is 126 cm³/mol. The molecule has 3 aromatic rings. The zero-order chi connectivity index (χ0) is 22.5. The van der Waals surface area contributed by atoms with E-state index in [0.717, 1.165) is 30.5 Å². The lowest BCUT2D eigenvalue weighted by atomic mass is 10.00. The van der Waals surface area contributed by atoms with Crippen molar-refractivity contribution in [2.24, 2.45) is 0 Å². The van der Waals surface area contributed by atoms with Gasteiger partial charge in [-0.2, -0.15) is 0 Å². The molecule has 1 saturated heterocycles. The van der Waals surface area contributed by atoms with Crippen molar-refractivity contribution in [1.29, 1.82) is 0 Å². The number of benzene rings is 2. The number of carbonyl (C=O) groups excluding carboxylic acids is 1. The summed E-state index contributed by atoms with van der Waals surface area (Å²) in [6, 6.07) is 12.3. The van der Waals surface area contributed by atoms with Gasteiger partial charge in [-0.1, -0.05) is 31.5 Å². The van der Waals surface area contributed by atoms with Gasteiger partial charge in [0.25, 0.3) is 5.91 Å². The molecule has 1 amide bonds. The first-order chi connectivity index (χ1) is 15.5. The fourth-order valence-corrected chi connectivity index (χ4v) is 4.70. The topological polar surface area (TPSA) is 57.5 Å². The SMILES string of the molecule is CCC1CCCCN1CCCNC(=O)c1ccc2cn(Cc3ccc(F)cc3)c(O)c2c1. The number of hydrogen-bond donors (Lipinski definition) is 2. The van der Waals surface area contributed by atoms with Gasteiger partial charge < -0.3 is 19.9 Å². The zero-order valence-electron chi connectivity index (χ0n) is 18.7. The summed E-state index contributed by atoms with van der Waals surface area (Å²) < 4.78 is 14.8. The van der Waals surface area contributed by atoms with Crippen LogP contribution >= 0.6 is 0 Å². The van der Waals surface area contributed by atoms with Gasteiger partial charge >= 0.3 is 0 Å². The highest BCUT2D eigenvalue weighted by Crippen LogP contribution is 2.29. The average Bonchev–Trinajstić information content (AvgIpc) is 3.12. The van der Waals surface area contributed by atoms with Crippen LogP contribution in [0.2, 0.25) is 0 Å². The van der Waals surface area contributed by atoms with E-state index in [0.29, 0.717) is 30.1 Å². The number of piperidine rings is 1. The molecule has 1 aliphatic rings. The third kappa shape index (κ3) is 5.13. The highest BCUT2D eigenvalue weighted by atomic mass is 19.1. The van der Waals surface area contributed by atoms with E-state index in [1.54, 1.807) is 28.8 Å². The molecule has 1 aliphatic heterocycles. The van der Waals surface area contributed by atoms with Gasteiger partial charge in [0.05, 0.1) is 6.54 Å². The first kappa shape index (κ1) is 22.3. The van der Waals surface area contributed by atoms with Crippen LogP contribution in [0.15, 0.2) is 48.7 Å². The van der Waals surface area contributed by atoms with E-state index in [4.69, 9.17) is 0 Å². The van der Waals surface area contributed by atoms with Gasteiger partial charge in [-0.15, -0.1) is 0 Å². The number of aromatic hydroxyl groups is 1. The van der Waals surface area contributed by atoms with Crippen LogP contribution < -0.4 is 5.32 Å². The molecule has 0 bridgehead atoms. The number of likely N-dealkylation sites (tertiary alicyclic amines) is 1. The predicted octanol–water partition coefficient (Wildman–Crippen LogP) is 4.92. The average molecular weight is 438 g/mol. The van der Waals surface area contributed by atoms with Crippen LogP contribution in [0.25, 0.3) is 10.8 Å². The third-order valence-electron chi connectivity index (χ3n) is 6.52. The molecular formula is C26H32FN3O2. The van der Waals surface area contributed by atoms with Crippen molar-refractivity contribution in [3.63, 3.8) is 0 Å². The standard InChI is InChI=1S/C26H32FN3O2/c1-2-23-6-3-4-14-29(23)15-5-13-28-25(31)20-9-10-21-18-30(26(32)24(21)16-20)17-19-7-11-22(27)12-8-19/h7-12,16,18,23,32H,2-6,13-15,17H2,1H3,(H,28,31). The molecule has 0 radical (unpaired) electrons. The molecule has 0 saturated carbocycles. The van der Waals surface area contributed by atoms with Crippen molar-refractivity contribution in [2.45, 2.75) is 51.6 Å². The molecule has 1 atom stereocenters. The smallest absolute Gasteiger partial charge is 0.251 e. The second-order valence-electron chi connectivity index (χ2n) is 8.71. The van der Waals surface area contributed by atoms with Crippen LogP contribution in [0, 0.1) is 5.82 Å². The second kappa shape index (κ2) is 10.2. The van der Waals surface area contributed by atoms with E-state index < -0.39 is 0 Å². The number of carbonyl (C=O) groups is 1. The van der Waals surface area contributed by atoms with Crippen molar-refractivity contribution >= 4 is 16.7 Å². The van der Waals surface area contributed by atoms with Crippen molar-refractivity contribution in [2.75, 3.05) is 19.6 Å². The first-order valence-electron chi connectivity index (χ1n) is 11.6. The maximum atomic E-state index is 13.1.